The van der Waals surface area contributed by atoms with Gasteiger partial charge in [0.05, 0.1) is 16.8 Å². The van der Waals surface area contributed by atoms with Crippen molar-refractivity contribution in [1.82, 2.24) is 4.90 Å². The highest BCUT2D eigenvalue weighted by molar-refractivity contribution is 6.33. The first-order chi connectivity index (χ1) is 17.7. The van der Waals surface area contributed by atoms with Gasteiger partial charge in [-0.3, -0.25) is 5.01 Å². The van der Waals surface area contributed by atoms with Crippen LogP contribution in [0, 0.1) is 0 Å². The molecule has 1 atom stereocenters. The molecule has 0 fully saturated rings. The Hall–Kier alpha value is -3.14. The predicted octanol–water partition coefficient (Wildman–Crippen LogP) is 7.87. The molecule has 0 N–H and O–H groups in total. The number of ether oxygens (including phenoxy) is 1. The van der Waals surface area contributed by atoms with Crippen LogP contribution >= 0.6 is 11.6 Å². The van der Waals surface area contributed by atoms with E-state index in [2.05, 4.69) is 5.10 Å². The van der Waals surface area contributed by atoms with E-state index >= 15 is 0 Å². The number of benzene rings is 2. The number of amides is 1. The average molecular weight is 556 g/mol. The molecule has 4 rings (SSSR count). The number of carbonyl (C=O) groups excluding carboxylic acids is 1. The van der Waals surface area contributed by atoms with Gasteiger partial charge in [-0.05, 0) is 56.0 Å². The Morgan fingerprint density at radius 3 is 2.24 bits per heavy atom. The number of nitrogens with zero attached hydrogens (tertiary/aromatic N) is 3. The van der Waals surface area contributed by atoms with E-state index < -0.39 is 42.0 Å². The lowest BCUT2D eigenvalue weighted by Gasteiger charge is -2.29. The Balaban J connectivity index is 1.56. The van der Waals surface area contributed by atoms with Crippen molar-refractivity contribution >= 4 is 34.7 Å². The van der Waals surface area contributed by atoms with Crippen LogP contribution in [-0.4, -0.2) is 47.5 Å². The van der Waals surface area contributed by atoms with Crippen LogP contribution in [0.1, 0.15) is 50.8 Å². The van der Waals surface area contributed by atoms with Crippen LogP contribution in [0.15, 0.2) is 59.7 Å². The summed E-state index contributed by atoms with van der Waals surface area (Å²) in [5.74, 6) is -5.08. The van der Waals surface area contributed by atoms with Crippen LogP contribution in [0.3, 0.4) is 0 Å². The summed E-state index contributed by atoms with van der Waals surface area (Å²) in [6.07, 6.45) is -4.28. The highest BCUT2D eigenvalue weighted by Crippen LogP contribution is 2.45. The number of hydrogen-bond acceptors (Lipinski definition) is 4. The molecule has 38 heavy (non-hydrogen) atoms. The Morgan fingerprint density at radius 2 is 1.68 bits per heavy atom. The van der Waals surface area contributed by atoms with E-state index in [1.807, 2.05) is 6.08 Å². The van der Waals surface area contributed by atoms with Gasteiger partial charge in [-0.15, -0.1) is 0 Å². The largest absolute Gasteiger partial charge is 0.459 e. The molecular weight excluding hydrogens is 529 g/mol. The molecule has 0 aliphatic carbocycles. The predicted molar refractivity (Wildman–Crippen MR) is 137 cm³/mol. The quantitative estimate of drug-likeness (QED) is 0.361. The van der Waals surface area contributed by atoms with Crippen LogP contribution in [0.25, 0.3) is 5.57 Å². The van der Waals surface area contributed by atoms with Crippen LogP contribution in [0.4, 0.5) is 32.4 Å². The van der Waals surface area contributed by atoms with Gasteiger partial charge in [0.15, 0.2) is 0 Å². The number of hydrogen-bond donors (Lipinski definition) is 0. The maximum absolute atomic E-state index is 14.2. The zero-order chi connectivity index (χ0) is 27.9. The lowest BCUT2D eigenvalue weighted by molar-refractivity contribution is -0.249. The first-order valence-corrected chi connectivity index (χ1v) is 12.4. The summed E-state index contributed by atoms with van der Waals surface area (Å²) in [5.41, 5.74) is 0.734. The second kappa shape index (κ2) is 10.2. The molecule has 0 bridgehead atoms. The lowest BCUT2D eigenvalue weighted by Crippen LogP contribution is -2.43. The van der Waals surface area contributed by atoms with E-state index in [4.69, 9.17) is 16.3 Å². The van der Waals surface area contributed by atoms with Gasteiger partial charge < -0.3 is 9.64 Å². The molecule has 2 aliphatic heterocycles. The third-order valence-electron chi connectivity index (χ3n) is 6.26. The van der Waals surface area contributed by atoms with Crippen molar-refractivity contribution in [2.45, 2.75) is 57.4 Å². The van der Waals surface area contributed by atoms with Crippen molar-refractivity contribution in [3.8, 4) is 0 Å². The molecule has 1 amide bonds. The van der Waals surface area contributed by atoms with E-state index in [9.17, 15) is 26.7 Å². The summed E-state index contributed by atoms with van der Waals surface area (Å²) in [6.45, 7) is 6.24. The van der Waals surface area contributed by atoms with Crippen LogP contribution in [-0.2, 0) is 4.74 Å². The number of rotatable bonds is 4. The van der Waals surface area contributed by atoms with Crippen molar-refractivity contribution < 1.29 is 31.5 Å². The second-order valence-corrected chi connectivity index (χ2v) is 10.6. The topological polar surface area (TPSA) is 45.1 Å². The summed E-state index contributed by atoms with van der Waals surface area (Å²) in [4.78, 5) is 13.9. The van der Waals surface area contributed by atoms with Crippen LogP contribution in [0.2, 0.25) is 5.02 Å². The SMILES string of the molecule is CC(C)(C)OC(=O)N1CC=C(c2ccc(C3CC(C(F)(F)C(F)(F)F)=NN3c3ccccc3Cl)cc2)CC1. The summed E-state index contributed by atoms with van der Waals surface area (Å²) < 4.78 is 73.3. The molecule has 2 aromatic carbocycles. The number of carbonyl (C=O) groups is 1. The third kappa shape index (κ3) is 5.80. The van der Waals surface area contributed by atoms with E-state index in [0.717, 1.165) is 16.1 Å². The van der Waals surface area contributed by atoms with Gasteiger partial charge in [-0.2, -0.15) is 27.1 Å². The van der Waals surface area contributed by atoms with Gasteiger partial charge in [0.2, 0.25) is 0 Å². The van der Waals surface area contributed by atoms with Gasteiger partial charge in [-0.1, -0.05) is 54.1 Å². The number of alkyl halides is 5. The van der Waals surface area contributed by atoms with Crippen molar-refractivity contribution in [1.29, 1.82) is 0 Å². The molecule has 2 aromatic rings. The van der Waals surface area contributed by atoms with Crippen LogP contribution in [0.5, 0.6) is 0 Å². The Kier molecular flexibility index (Phi) is 7.49. The van der Waals surface area contributed by atoms with Crippen molar-refractivity contribution in [2.24, 2.45) is 5.10 Å². The monoisotopic (exact) mass is 555 g/mol. The van der Waals surface area contributed by atoms with Gasteiger partial charge in [0.1, 0.15) is 11.3 Å². The molecule has 2 aliphatic rings. The average Bonchev–Trinajstić information content (AvgIpc) is 3.29. The van der Waals surface area contributed by atoms with Crippen molar-refractivity contribution in [2.75, 3.05) is 18.1 Å². The molecule has 0 spiro atoms. The minimum absolute atomic E-state index is 0.177. The molecule has 204 valence electrons. The van der Waals surface area contributed by atoms with Gasteiger partial charge in [0, 0.05) is 19.5 Å². The molecule has 0 aromatic heterocycles. The normalized spacial score (nSPS) is 18.8. The third-order valence-corrected chi connectivity index (χ3v) is 6.57. The minimum atomic E-state index is -5.77. The zero-order valence-corrected chi connectivity index (χ0v) is 21.8. The first kappa shape index (κ1) is 27.9. The number of halogens is 6. The number of para-hydroxylation sites is 1. The van der Waals surface area contributed by atoms with E-state index in [1.165, 1.54) is 12.1 Å². The summed E-state index contributed by atoms with van der Waals surface area (Å²) in [6, 6.07) is 12.3. The van der Waals surface area contributed by atoms with Crippen molar-refractivity contribution in [3.05, 3.63) is 70.8 Å². The Bertz CT molecular complexity index is 1250. The summed E-state index contributed by atoms with van der Waals surface area (Å²) in [5, 5.41) is 5.02. The maximum Gasteiger partial charge on any atom is 0.459 e. The molecule has 11 heteroatoms. The summed E-state index contributed by atoms with van der Waals surface area (Å²) >= 11 is 6.24. The van der Waals surface area contributed by atoms with Crippen molar-refractivity contribution in [3.63, 3.8) is 0 Å². The molecule has 0 saturated heterocycles. The summed E-state index contributed by atoms with van der Waals surface area (Å²) in [7, 11) is 0. The molecule has 1 unspecified atom stereocenters. The second-order valence-electron chi connectivity index (χ2n) is 10.2. The van der Waals surface area contributed by atoms with E-state index in [-0.39, 0.29) is 10.7 Å². The first-order valence-electron chi connectivity index (χ1n) is 12.0. The Morgan fingerprint density at radius 1 is 1.03 bits per heavy atom. The molecule has 0 saturated carbocycles. The smallest absolute Gasteiger partial charge is 0.444 e. The van der Waals surface area contributed by atoms with Gasteiger partial charge in [-0.25, -0.2) is 4.79 Å². The highest BCUT2D eigenvalue weighted by Gasteiger charge is 2.62. The molecule has 5 nitrogen and oxygen atoms in total. The molecular formula is C27H27ClF5N3O2. The van der Waals surface area contributed by atoms with E-state index in [1.54, 1.807) is 62.1 Å². The van der Waals surface area contributed by atoms with Gasteiger partial charge >= 0.3 is 18.2 Å². The number of anilines is 1. The molecule has 0 radical (unpaired) electrons. The molecule has 2 heterocycles. The highest BCUT2D eigenvalue weighted by atomic mass is 35.5. The lowest BCUT2D eigenvalue weighted by atomic mass is 9.94. The standard InChI is InChI=1S/C27H27ClF5N3O2/c1-25(2,3)38-24(37)35-14-12-18(13-15-35)17-8-10-19(11-9-17)22-16-23(26(29,30)27(31,32)33)34-36(22)21-7-5-4-6-20(21)28/h4-12,22H,13-16H2,1-3H3. The van der Waals surface area contributed by atoms with Crippen LogP contribution < -0.4 is 5.01 Å². The number of hydrazone groups is 1. The zero-order valence-electron chi connectivity index (χ0n) is 21.0. The fraction of sp³-hybridized carbons (Fsp3) is 0.407. The minimum Gasteiger partial charge on any atom is -0.444 e. The van der Waals surface area contributed by atoms with Gasteiger partial charge in [0.25, 0.3) is 0 Å². The van der Waals surface area contributed by atoms with E-state index in [0.29, 0.717) is 25.1 Å². The fourth-order valence-corrected chi connectivity index (χ4v) is 4.55. The maximum atomic E-state index is 14.2. The Labute approximate surface area is 222 Å². The fourth-order valence-electron chi connectivity index (χ4n) is 4.33.